The highest BCUT2D eigenvalue weighted by atomic mass is 32.2. The summed E-state index contributed by atoms with van der Waals surface area (Å²) in [6.07, 6.45) is 3.52. The molecule has 3 heterocycles. The molecule has 0 radical (unpaired) electrons. The third-order valence-corrected chi connectivity index (χ3v) is 5.79. The Morgan fingerprint density at radius 1 is 1.09 bits per heavy atom. The van der Waals surface area contributed by atoms with Gasteiger partial charge >= 0.3 is 5.97 Å². The summed E-state index contributed by atoms with van der Waals surface area (Å²) >= 11 is 0. The fraction of sp³-hybridized carbons (Fsp3) is 0.692. The van der Waals surface area contributed by atoms with Gasteiger partial charge in [-0.25, -0.2) is 8.42 Å². The monoisotopic (exact) mass is 330 g/mol. The van der Waals surface area contributed by atoms with E-state index in [0.717, 1.165) is 6.26 Å². The molecular weight excluding hydrogens is 312 g/mol. The second kappa shape index (κ2) is 5.32. The van der Waals surface area contributed by atoms with Crippen molar-refractivity contribution in [3.05, 3.63) is 12.2 Å². The summed E-state index contributed by atoms with van der Waals surface area (Å²) in [4.78, 5) is 25.6. The van der Waals surface area contributed by atoms with Crippen LogP contribution in [0.2, 0.25) is 0 Å². The zero-order chi connectivity index (χ0) is 16.1. The van der Waals surface area contributed by atoms with Crippen molar-refractivity contribution in [1.82, 2.24) is 9.21 Å². The Morgan fingerprint density at radius 2 is 1.64 bits per heavy atom. The lowest BCUT2D eigenvalue weighted by atomic mass is 9.82. The molecule has 9 heteroatoms. The van der Waals surface area contributed by atoms with Gasteiger partial charge in [-0.1, -0.05) is 12.2 Å². The Morgan fingerprint density at radius 3 is 2.14 bits per heavy atom. The van der Waals surface area contributed by atoms with E-state index in [1.165, 1.54) is 4.31 Å². The lowest BCUT2D eigenvalue weighted by Crippen LogP contribution is -2.53. The maximum absolute atomic E-state index is 12.6. The Balaban J connectivity index is 1.70. The Kier molecular flexibility index (Phi) is 3.74. The van der Waals surface area contributed by atoms with E-state index in [-0.39, 0.29) is 32.1 Å². The van der Waals surface area contributed by atoms with E-state index < -0.39 is 40.0 Å². The van der Waals surface area contributed by atoms with Crippen LogP contribution in [0.1, 0.15) is 0 Å². The van der Waals surface area contributed by atoms with Crippen LogP contribution in [0, 0.1) is 11.8 Å². The maximum atomic E-state index is 12.6. The number of fused-ring (bicyclic) bond motifs is 2. The lowest BCUT2D eigenvalue weighted by Gasteiger charge is -2.36. The van der Waals surface area contributed by atoms with Crippen molar-refractivity contribution >= 4 is 21.9 Å². The third kappa shape index (κ3) is 2.53. The number of carbonyl (C=O) groups is 2. The molecule has 3 aliphatic rings. The summed E-state index contributed by atoms with van der Waals surface area (Å²) in [7, 11) is -3.26. The van der Waals surface area contributed by atoms with Gasteiger partial charge in [-0.05, 0) is 0 Å². The molecule has 8 nitrogen and oxygen atoms in total. The number of rotatable bonds is 3. The number of carbonyl (C=O) groups excluding carboxylic acids is 1. The summed E-state index contributed by atoms with van der Waals surface area (Å²) in [6.45, 7) is 1.02. The van der Waals surface area contributed by atoms with Gasteiger partial charge in [-0.2, -0.15) is 4.31 Å². The van der Waals surface area contributed by atoms with Gasteiger partial charge < -0.3 is 14.7 Å². The molecule has 1 N–H and O–H groups in total. The molecule has 0 aromatic heterocycles. The lowest BCUT2D eigenvalue weighted by molar-refractivity contribution is -0.150. The number of sulfonamides is 1. The molecule has 122 valence electrons. The first-order chi connectivity index (χ1) is 10.3. The van der Waals surface area contributed by atoms with E-state index >= 15 is 0 Å². The number of amides is 1. The fourth-order valence-corrected chi connectivity index (χ4v) is 4.17. The van der Waals surface area contributed by atoms with E-state index in [9.17, 15) is 23.1 Å². The van der Waals surface area contributed by atoms with E-state index in [1.807, 2.05) is 0 Å². The third-order valence-electron chi connectivity index (χ3n) is 4.49. The van der Waals surface area contributed by atoms with Crippen LogP contribution in [0.25, 0.3) is 0 Å². The molecule has 0 saturated carbocycles. The Bertz CT molecular complexity index is 622. The van der Waals surface area contributed by atoms with Gasteiger partial charge in [0.05, 0.1) is 24.4 Å². The topological polar surface area (TPSA) is 104 Å². The average Bonchev–Trinajstić information content (AvgIpc) is 3.06. The van der Waals surface area contributed by atoms with Crippen molar-refractivity contribution < 1.29 is 27.9 Å². The first-order valence-electron chi connectivity index (χ1n) is 7.09. The van der Waals surface area contributed by atoms with Gasteiger partial charge in [-0.15, -0.1) is 0 Å². The standard InChI is InChI=1S/C13H18N2O6S/c1-22(19,20)15-6-4-14(5-7-15)12(16)10-8-2-3-9(21-8)11(10)13(17)18/h2-3,8-11H,4-7H2,1H3,(H,17,18)/t8-,9-,10-,11-/m1/s1. The minimum absolute atomic E-state index is 0.236. The Labute approximate surface area is 128 Å². The summed E-state index contributed by atoms with van der Waals surface area (Å²) in [5.74, 6) is -2.89. The van der Waals surface area contributed by atoms with Crippen LogP contribution in [0.3, 0.4) is 0 Å². The Hall–Kier alpha value is -1.45. The van der Waals surface area contributed by atoms with Gasteiger partial charge in [0.1, 0.15) is 5.92 Å². The van der Waals surface area contributed by atoms with Crippen LogP contribution in [0.5, 0.6) is 0 Å². The second-order valence-corrected chi connectivity index (χ2v) is 7.81. The summed E-state index contributed by atoms with van der Waals surface area (Å²) in [6, 6.07) is 0. The molecule has 3 aliphatic heterocycles. The number of hydrogen-bond donors (Lipinski definition) is 1. The molecule has 0 spiro atoms. The molecule has 0 aromatic carbocycles. The molecule has 1 amide bonds. The zero-order valence-corrected chi connectivity index (χ0v) is 12.9. The number of piperazine rings is 1. The minimum Gasteiger partial charge on any atom is -0.481 e. The zero-order valence-electron chi connectivity index (χ0n) is 12.1. The smallest absolute Gasteiger partial charge is 0.310 e. The van der Waals surface area contributed by atoms with Crippen molar-refractivity contribution in [2.45, 2.75) is 12.2 Å². The number of nitrogens with zero attached hydrogens (tertiary/aromatic N) is 2. The van der Waals surface area contributed by atoms with E-state index in [2.05, 4.69) is 0 Å². The summed E-state index contributed by atoms with van der Waals surface area (Å²) in [5.41, 5.74) is 0. The minimum atomic E-state index is -3.26. The molecule has 3 rings (SSSR count). The number of carboxylic acid groups (broad SMARTS) is 1. The van der Waals surface area contributed by atoms with Crippen LogP contribution in [-0.4, -0.2) is 79.2 Å². The van der Waals surface area contributed by atoms with Crippen molar-refractivity contribution in [1.29, 1.82) is 0 Å². The molecule has 0 aromatic rings. The normalized spacial score (nSPS) is 35.0. The molecule has 2 fully saturated rings. The predicted octanol–water partition coefficient (Wildman–Crippen LogP) is -1.26. The van der Waals surface area contributed by atoms with Gasteiger partial charge in [-0.3, -0.25) is 9.59 Å². The highest BCUT2D eigenvalue weighted by Gasteiger charge is 2.54. The number of ether oxygens (including phenoxy) is 1. The quantitative estimate of drug-likeness (QED) is 0.648. The molecule has 22 heavy (non-hydrogen) atoms. The first kappa shape index (κ1) is 15.4. The van der Waals surface area contributed by atoms with Crippen LogP contribution >= 0.6 is 0 Å². The highest BCUT2D eigenvalue weighted by molar-refractivity contribution is 7.88. The average molecular weight is 330 g/mol. The van der Waals surface area contributed by atoms with Gasteiger partial charge in [0.25, 0.3) is 0 Å². The van der Waals surface area contributed by atoms with Gasteiger partial charge in [0, 0.05) is 26.2 Å². The molecule has 2 saturated heterocycles. The van der Waals surface area contributed by atoms with Gasteiger partial charge in [0.2, 0.25) is 15.9 Å². The molecule has 2 bridgehead atoms. The largest absolute Gasteiger partial charge is 0.481 e. The van der Waals surface area contributed by atoms with Crippen molar-refractivity contribution in [3.8, 4) is 0 Å². The first-order valence-corrected chi connectivity index (χ1v) is 8.94. The highest BCUT2D eigenvalue weighted by Crippen LogP contribution is 2.40. The summed E-state index contributed by atoms with van der Waals surface area (Å²) < 4.78 is 29.8. The number of carboxylic acids is 1. The van der Waals surface area contributed by atoms with Crippen molar-refractivity contribution in [3.63, 3.8) is 0 Å². The molecular formula is C13H18N2O6S. The van der Waals surface area contributed by atoms with E-state index in [4.69, 9.17) is 4.74 Å². The SMILES string of the molecule is CS(=O)(=O)N1CCN(C(=O)[C@H]2[C@H](C(=O)O)[C@H]3C=C[C@H]2O3)CC1. The molecule has 0 aliphatic carbocycles. The van der Waals surface area contributed by atoms with Crippen molar-refractivity contribution in [2.24, 2.45) is 11.8 Å². The molecule has 0 unspecified atom stereocenters. The van der Waals surface area contributed by atoms with E-state index in [0.29, 0.717) is 0 Å². The molecule has 4 atom stereocenters. The van der Waals surface area contributed by atoms with Crippen LogP contribution in [-0.2, 0) is 24.3 Å². The van der Waals surface area contributed by atoms with Crippen LogP contribution < -0.4 is 0 Å². The van der Waals surface area contributed by atoms with Crippen molar-refractivity contribution in [2.75, 3.05) is 32.4 Å². The van der Waals surface area contributed by atoms with Crippen LogP contribution in [0.4, 0.5) is 0 Å². The number of aliphatic carboxylic acids is 1. The van der Waals surface area contributed by atoms with Crippen LogP contribution in [0.15, 0.2) is 12.2 Å². The number of hydrogen-bond acceptors (Lipinski definition) is 5. The van der Waals surface area contributed by atoms with Gasteiger partial charge in [0.15, 0.2) is 0 Å². The predicted molar refractivity (Wildman–Crippen MR) is 75.4 cm³/mol. The van der Waals surface area contributed by atoms with E-state index in [1.54, 1.807) is 17.1 Å². The second-order valence-electron chi connectivity index (χ2n) is 5.83. The maximum Gasteiger partial charge on any atom is 0.310 e. The summed E-state index contributed by atoms with van der Waals surface area (Å²) in [5, 5.41) is 9.33. The fourth-order valence-electron chi connectivity index (χ4n) is 3.35.